The summed E-state index contributed by atoms with van der Waals surface area (Å²) in [5.74, 6) is 3.71. The molecule has 0 aromatic carbocycles. The van der Waals surface area contributed by atoms with Crippen molar-refractivity contribution in [3.63, 3.8) is 0 Å². The Bertz CT molecular complexity index is 416. The van der Waals surface area contributed by atoms with Crippen LogP contribution in [0.25, 0.3) is 0 Å². The van der Waals surface area contributed by atoms with Crippen molar-refractivity contribution in [2.45, 2.75) is 65.3 Å². The third-order valence-electron chi connectivity index (χ3n) is 4.34. The smallest absolute Gasteiger partial charge is 0.134 e. The molecular weight excluding hydrogens is 260 g/mol. The largest absolute Gasteiger partial charge is 0.373 e. The molecule has 0 unspecified atom stereocenters. The van der Waals surface area contributed by atoms with Gasteiger partial charge < -0.3 is 10.2 Å². The normalized spacial score (nSPS) is 15.7. The van der Waals surface area contributed by atoms with Crippen molar-refractivity contribution in [3.05, 3.63) is 11.9 Å². The second-order valence-electron chi connectivity index (χ2n) is 6.45. The van der Waals surface area contributed by atoms with Gasteiger partial charge in [-0.25, -0.2) is 9.97 Å². The highest BCUT2D eigenvalue weighted by Gasteiger charge is 2.24. The van der Waals surface area contributed by atoms with Crippen LogP contribution in [0.1, 0.15) is 58.7 Å². The first-order valence-corrected chi connectivity index (χ1v) is 8.46. The fraction of sp³-hybridized carbons (Fsp3) is 0.765. The second kappa shape index (κ2) is 7.62. The molecule has 1 N–H and O–H groups in total. The second-order valence-corrected chi connectivity index (χ2v) is 6.45. The lowest BCUT2D eigenvalue weighted by Crippen LogP contribution is -2.35. The Morgan fingerprint density at radius 2 is 2.00 bits per heavy atom. The Morgan fingerprint density at radius 1 is 1.29 bits per heavy atom. The van der Waals surface area contributed by atoms with Gasteiger partial charge in [0.15, 0.2) is 0 Å². The lowest BCUT2D eigenvalue weighted by atomic mass is 10.1. The van der Waals surface area contributed by atoms with Gasteiger partial charge >= 0.3 is 0 Å². The SMILES string of the molecule is CCc1nc(NC)cc(N(CCC(C)C)C2CCCC2)n1. The zero-order chi connectivity index (χ0) is 15.2. The molecule has 1 aliphatic carbocycles. The molecule has 4 nitrogen and oxygen atoms in total. The number of hydrogen-bond donors (Lipinski definition) is 1. The van der Waals surface area contributed by atoms with Crippen LogP contribution in [0.15, 0.2) is 6.07 Å². The van der Waals surface area contributed by atoms with Gasteiger partial charge in [0.05, 0.1) is 0 Å². The molecule has 0 aliphatic heterocycles. The molecule has 0 bridgehead atoms. The Labute approximate surface area is 129 Å². The maximum absolute atomic E-state index is 4.80. The molecule has 1 saturated carbocycles. The van der Waals surface area contributed by atoms with Gasteiger partial charge in [0.2, 0.25) is 0 Å². The minimum atomic E-state index is 0.660. The molecule has 4 heteroatoms. The van der Waals surface area contributed by atoms with E-state index in [9.17, 15) is 0 Å². The molecule has 1 aromatic rings. The number of aromatic nitrogens is 2. The fourth-order valence-electron chi connectivity index (χ4n) is 3.01. The first-order valence-electron chi connectivity index (χ1n) is 8.46. The molecule has 0 spiro atoms. The highest BCUT2D eigenvalue weighted by molar-refractivity contribution is 5.50. The summed E-state index contributed by atoms with van der Waals surface area (Å²) in [5.41, 5.74) is 0. The number of hydrogen-bond acceptors (Lipinski definition) is 4. The van der Waals surface area contributed by atoms with Crippen LogP contribution < -0.4 is 10.2 Å². The van der Waals surface area contributed by atoms with Crippen molar-refractivity contribution in [2.75, 3.05) is 23.8 Å². The van der Waals surface area contributed by atoms with E-state index in [-0.39, 0.29) is 0 Å². The van der Waals surface area contributed by atoms with Crippen LogP contribution in [0.2, 0.25) is 0 Å². The van der Waals surface area contributed by atoms with Gasteiger partial charge in [-0.3, -0.25) is 0 Å². The third kappa shape index (κ3) is 4.32. The maximum Gasteiger partial charge on any atom is 0.134 e. The van der Waals surface area contributed by atoms with Crippen molar-refractivity contribution in [1.29, 1.82) is 0 Å². The maximum atomic E-state index is 4.80. The van der Waals surface area contributed by atoms with E-state index in [0.29, 0.717) is 6.04 Å². The molecule has 1 aliphatic rings. The van der Waals surface area contributed by atoms with E-state index in [2.05, 4.69) is 42.0 Å². The van der Waals surface area contributed by atoms with Crippen LogP contribution in [0.4, 0.5) is 11.6 Å². The summed E-state index contributed by atoms with van der Waals surface area (Å²) in [4.78, 5) is 11.9. The van der Waals surface area contributed by atoms with E-state index in [4.69, 9.17) is 4.98 Å². The van der Waals surface area contributed by atoms with Crippen LogP contribution in [0.5, 0.6) is 0 Å². The summed E-state index contributed by atoms with van der Waals surface area (Å²) in [5, 5.41) is 3.17. The van der Waals surface area contributed by atoms with Gasteiger partial charge in [0, 0.05) is 32.1 Å². The van der Waals surface area contributed by atoms with E-state index < -0.39 is 0 Å². The lowest BCUT2D eigenvalue weighted by Gasteiger charge is -2.31. The zero-order valence-corrected chi connectivity index (χ0v) is 14.0. The Hall–Kier alpha value is -1.32. The molecule has 1 heterocycles. The molecular formula is C17H30N4. The summed E-state index contributed by atoms with van der Waals surface area (Å²) in [6.45, 7) is 7.81. The van der Waals surface area contributed by atoms with Crippen molar-refractivity contribution in [1.82, 2.24) is 9.97 Å². The van der Waals surface area contributed by atoms with Crippen molar-refractivity contribution in [3.8, 4) is 0 Å². The van der Waals surface area contributed by atoms with E-state index in [1.165, 1.54) is 32.1 Å². The van der Waals surface area contributed by atoms with Crippen LogP contribution in [0.3, 0.4) is 0 Å². The summed E-state index contributed by atoms with van der Waals surface area (Å²) in [6, 6.07) is 2.77. The lowest BCUT2D eigenvalue weighted by molar-refractivity contribution is 0.524. The monoisotopic (exact) mass is 290 g/mol. The molecule has 118 valence electrons. The van der Waals surface area contributed by atoms with Crippen molar-refractivity contribution < 1.29 is 0 Å². The van der Waals surface area contributed by atoms with Crippen molar-refractivity contribution in [2.24, 2.45) is 5.92 Å². The van der Waals surface area contributed by atoms with Crippen molar-refractivity contribution >= 4 is 11.6 Å². The van der Waals surface area contributed by atoms with Gasteiger partial charge in [-0.1, -0.05) is 33.6 Å². The zero-order valence-electron chi connectivity index (χ0n) is 14.0. The van der Waals surface area contributed by atoms with Crippen LogP contribution in [0, 0.1) is 5.92 Å². The number of anilines is 2. The van der Waals surface area contributed by atoms with Crippen LogP contribution in [-0.2, 0) is 6.42 Å². The van der Waals surface area contributed by atoms with Gasteiger partial charge in [-0.05, 0) is 25.2 Å². The molecule has 0 radical (unpaired) electrons. The molecule has 21 heavy (non-hydrogen) atoms. The standard InChI is InChI=1S/C17H30N4/c1-5-15-19-16(18-4)12-17(20-15)21(11-10-13(2)3)14-8-6-7-9-14/h12-14H,5-11H2,1-4H3,(H,18,19,20). The number of aryl methyl sites for hydroxylation is 1. The third-order valence-corrected chi connectivity index (χ3v) is 4.34. The Balaban J connectivity index is 2.25. The fourth-order valence-corrected chi connectivity index (χ4v) is 3.01. The average molecular weight is 290 g/mol. The van der Waals surface area contributed by atoms with Gasteiger partial charge in [-0.2, -0.15) is 0 Å². The number of rotatable bonds is 7. The first kappa shape index (κ1) is 16.1. The quantitative estimate of drug-likeness (QED) is 0.827. The molecule has 1 fully saturated rings. The summed E-state index contributed by atoms with van der Waals surface area (Å²) in [7, 11) is 1.93. The van der Waals surface area contributed by atoms with E-state index in [1.807, 2.05) is 7.05 Å². The van der Waals surface area contributed by atoms with E-state index >= 15 is 0 Å². The summed E-state index contributed by atoms with van der Waals surface area (Å²) >= 11 is 0. The average Bonchev–Trinajstić information content (AvgIpc) is 3.00. The molecule has 0 atom stereocenters. The molecule has 1 aromatic heterocycles. The minimum absolute atomic E-state index is 0.660. The van der Waals surface area contributed by atoms with E-state index in [0.717, 1.165) is 36.3 Å². The highest BCUT2D eigenvalue weighted by Crippen LogP contribution is 2.29. The topological polar surface area (TPSA) is 41.1 Å². The summed E-state index contributed by atoms with van der Waals surface area (Å²) in [6.07, 6.45) is 7.42. The van der Waals surface area contributed by atoms with Crippen LogP contribution in [-0.4, -0.2) is 29.6 Å². The van der Waals surface area contributed by atoms with E-state index in [1.54, 1.807) is 0 Å². The Morgan fingerprint density at radius 3 is 2.57 bits per heavy atom. The number of nitrogens with zero attached hydrogens (tertiary/aromatic N) is 3. The van der Waals surface area contributed by atoms with Gasteiger partial charge in [0.25, 0.3) is 0 Å². The highest BCUT2D eigenvalue weighted by atomic mass is 15.2. The Kier molecular flexibility index (Phi) is 5.83. The van der Waals surface area contributed by atoms with Gasteiger partial charge in [-0.15, -0.1) is 0 Å². The first-order chi connectivity index (χ1) is 10.1. The van der Waals surface area contributed by atoms with Gasteiger partial charge in [0.1, 0.15) is 17.5 Å². The predicted molar refractivity (Wildman–Crippen MR) is 90.0 cm³/mol. The predicted octanol–water partition coefficient (Wildman–Crippen LogP) is 3.88. The molecule has 2 rings (SSSR count). The van der Waals surface area contributed by atoms with Crippen LogP contribution >= 0.6 is 0 Å². The summed E-state index contributed by atoms with van der Waals surface area (Å²) < 4.78 is 0. The minimum Gasteiger partial charge on any atom is -0.373 e. The molecule has 0 amide bonds. The number of nitrogens with one attached hydrogen (secondary N) is 1. The molecule has 0 saturated heterocycles.